The first-order valence-electron chi connectivity index (χ1n) is 13.8. The number of hydrogen-bond acceptors (Lipinski definition) is 2. The number of aliphatic hydroxyl groups excluding tert-OH is 1. The second kappa shape index (κ2) is 11.7. The molecule has 5 atom stereocenters. The molecule has 4 aliphatic rings. The zero-order valence-corrected chi connectivity index (χ0v) is 21.5. The second-order valence-electron chi connectivity index (χ2n) is 11.5. The molecule has 1 fully saturated rings. The molecular weight excluding hydrogens is 418 g/mol. The number of carbonyl (C=O) groups is 1. The van der Waals surface area contributed by atoms with E-state index in [2.05, 4.69) is 74.3 Å². The van der Waals surface area contributed by atoms with Crippen LogP contribution in [0.25, 0.3) is 0 Å². The Balaban J connectivity index is 1.31. The third-order valence-corrected chi connectivity index (χ3v) is 8.60. The standard InChI is InChI=1S/C31H45NO2/c1-22(2)29(21-30(33)28-11-7-10-27(20-28)24-8-5-4-6-9-24)31(34)32-18-16-26(17-19-32)25-14-12-23(3)13-15-25/h5,7-8,10-12,14-15,22-24,26,28-30,33H,4,6,9,13,16-21H2,1-3H3/t23?,24?,28?,29-,30?/m1/s1. The van der Waals surface area contributed by atoms with Gasteiger partial charge in [-0.05, 0) is 80.6 Å². The quantitative estimate of drug-likeness (QED) is 0.431. The Kier molecular flexibility index (Phi) is 8.69. The van der Waals surface area contributed by atoms with E-state index in [0.29, 0.717) is 24.2 Å². The van der Waals surface area contributed by atoms with Gasteiger partial charge in [0.1, 0.15) is 0 Å². The van der Waals surface area contributed by atoms with Gasteiger partial charge in [-0.1, -0.05) is 75.0 Å². The Morgan fingerprint density at radius 2 is 1.94 bits per heavy atom. The van der Waals surface area contributed by atoms with E-state index < -0.39 is 6.10 Å². The average Bonchev–Trinajstić information content (AvgIpc) is 2.88. The summed E-state index contributed by atoms with van der Waals surface area (Å²) in [6, 6.07) is 0. The van der Waals surface area contributed by atoms with Gasteiger partial charge in [-0.25, -0.2) is 0 Å². The first kappa shape index (κ1) is 25.2. The predicted molar refractivity (Wildman–Crippen MR) is 141 cm³/mol. The molecule has 1 saturated heterocycles. The van der Waals surface area contributed by atoms with Crippen molar-refractivity contribution in [1.82, 2.24) is 4.90 Å². The summed E-state index contributed by atoms with van der Waals surface area (Å²) in [6.07, 6.45) is 26.1. The highest BCUT2D eigenvalue weighted by Crippen LogP contribution is 2.35. The Hall–Kier alpha value is -1.87. The molecule has 0 saturated carbocycles. The molecule has 3 heteroatoms. The van der Waals surface area contributed by atoms with E-state index in [9.17, 15) is 9.90 Å². The lowest BCUT2D eigenvalue weighted by Gasteiger charge is -2.37. The smallest absolute Gasteiger partial charge is 0.226 e. The van der Waals surface area contributed by atoms with Crippen molar-refractivity contribution in [1.29, 1.82) is 0 Å². The number of likely N-dealkylation sites (tertiary alicyclic amines) is 1. The lowest BCUT2D eigenvalue weighted by Crippen LogP contribution is -2.44. The molecule has 1 N–H and O–H groups in total. The molecule has 34 heavy (non-hydrogen) atoms. The van der Waals surface area contributed by atoms with Crippen LogP contribution >= 0.6 is 0 Å². The third kappa shape index (κ3) is 6.22. The van der Waals surface area contributed by atoms with Gasteiger partial charge in [-0.15, -0.1) is 0 Å². The number of allylic oxidation sites excluding steroid dienone is 9. The third-order valence-electron chi connectivity index (χ3n) is 8.60. The van der Waals surface area contributed by atoms with Crippen molar-refractivity contribution in [3.63, 3.8) is 0 Å². The first-order chi connectivity index (χ1) is 16.4. The summed E-state index contributed by atoms with van der Waals surface area (Å²) in [5.74, 6) is 2.24. The molecule has 0 bridgehead atoms. The number of rotatable bonds is 7. The molecule has 0 spiro atoms. The number of amides is 1. The molecule has 0 radical (unpaired) electrons. The fourth-order valence-corrected chi connectivity index (χ4v) is 6.20. The van der Waals surface area contributed by atoms with Gasteiger partial charge in [0, 0.05) is 24.9 Å². The molecule has 1 aliphatic heterocycles. The van der Waals surface area contributed by atoms with E-state index in [1.165, 1.54) is 30.4 Å². The maximum atomic E-state index is 13.5. The summed E-state index contributed by atoms with van der Waals surface area (Å²) in [7, 11) is 0. The molecule has 186 valence electrons. The van der Waals surface area contributed by atoms with Crippen LogP contribution < -0.4 is 0 Å². The molecular formula is C31H45NO2. The van der Waals surface area contributed by atoms with Gasteiger partial charge in [0.15, 0.2) is 0 Å². The van der Waals surface area contributed by atoms with Crippen molar-refractivity contribution in [2.45, 2.75) is 78.2 Å². The first-order valence-corrected chi connectivity index (χ1v) is 13.8. The lowest BCUT2D eigenvalue weighted by atomic mass is 9.77. The van der Waals surface area contributed by atoms with Gasteiger partial charge in [0.05, 0.1) is 6.10 Å². The largest absolute Gasteiger partial charge is 0.392 e. The van der Waals surface area contributed by atoms with Crippen LogP contribution in [0.4, 0.5) is 0 Å². The number of carbonyl (C=O) groups excluding carboxylic acids is 1. The highest BCUT2D eigenvalue weighted by Gasteiger charge is 2.34. The Bertz CT molecular complexity index is 853. The van der Waals surface area contributed by atoms with E-state index >= 15 is 0 Å². The fraction of sp³-hybridized carbons (Fsp3) is 0.645. The summed E-state index contributed by atoms with van der Waals surface area (Å²) in [5.41, 5.74) is 2.92. The van der Waals surface area contributed by atoms with Crippen molar-refractivity contribution < 1.29 is 9.90 Å². The number of aliphatic hydroxyl groups is 1. The molecule has 1 amide bonds. The van der Waals surface area contributed by atoms with Gasteiger partial charge in [-0.2, -0.15) is 0 Å². The molecule has 1 heterocycles. The molecule has 0 aromatic rings. The zero-order chi connectivity index (χ0) is 24.1. The van der Waals surface area contributed by atoms with Crippen LogP contribution in [0.5, 0.6) is 0 Å². The minimum Gasteiger partial charge on any atom is -0.392 e. The van der Waals surface area contributed by atoms with E-state index in [0.717, 1.165) is 38.8 Å². The van der Waals surface area contributed by atoms with E-state index in [-0.39, 0.29) is 23.7 Å². The monoisotopic (exact) mass is 463 g/mol. The van der Waals surface area contributed by atoms with Crippen LogP contribution in [-0.2, 0) is 4.79 Å². The molecule has 4 unspecified atom stereocenters. The summed E-state index contributed by atoms with van der Waals surface area (Å²) >= 11 is 0. The van der Waals surface area contributed by atoms with Crippen LogP contribution in [0.2, 0.25) is 0 Å². The predicted octanol–water partition coefficient (Wildman–Crippen LogP) is 6.63. The van der Waals surface area contributed by atoms with Crippen molar-refractivity contribution in [2.75, 3.05) is 13.1 Å². The van der Waals surface area contributed by atoms with Gasteiger partial charge in [-0.3, -0.25) is 4.79 Å². The fourth-order valence-electron chi connectivity index (χ4n) is 6.20. The van der Waals surface area contributed by atoms with Crippen LogP contribution in [0.15, 0.2) is 59.8 Å². The SMILES string of the molecule is CC1C=CC(C2CCN(C(=O)[C@H](CC(O)C3C=CC=C(C4C=CCCC4)C3)C(C)C)CC2)=CC1. The van der Waals surface area contributed by atoms with Gasteiger partial charge < -0.3 is 10.0 Å². The van der Waals surface area contributed by atoms with E-state index in [1.54, 1.807) is 0 Å². The normalized spacial score (nSPS) is 29.7. The van der Waals surface area contributed by atoms with Gasteiger partial charge in [0.2, 0.25) is 5.91 Å². The average molecular weight is 464 g/mol. The highest BCUT2D eigenvalue weighted by molar-refractivity contribution is 5.79. The molecule has 3 aliphatic carbocycles. The van der Waals surface area contributed by atoms with Crippen LogP contribution in [0, 0.1) is 35.5 Å². The Morgan fingerprint density at radius 3 is 2.59 bits per heavy atom. The number of hydrogen-bond donors (Lipinski definition) is 1. The highest BCUT2D eigenvalue weighted by atomic mass is 16.3. The maximum absolute atomic E-state index is 13.5. The van der Waals surface area contributed by atoms with Crippen molar-refractivity contribution in [3.05, 3.63) is 59.8 Å². The summed E-state index contributed by atoms with van der Waals surface area (Å²) in [4.78, 5) is 15.6. The minimum absolute atomic E-state index is 0.112. The van der Waals surface area contributed by atoms with Gasteiger partial charge >= 0.3 is 0 Å². The second-order valence-corrected chi connectivity index (χ2v) is 11.5. The van der Waals surface area contributed by atoms with E-state index in [4.69, 9.17) is 0 Å². The molecule has 0 aromatic heterocycles. The summed E-state index contributed by atoms with van der Waals surface area (Å²) < 4.78 is 0. The zero-order valence-electron chi connectivity index (χ0n) is 21.5. The number of piperidine rings is 1. The van der Waals surface area contributed by atoms with Crippen LogP contribution in [0.1, 0.15) is 72.1 Å². The summed E-state index contributed by atoms with van der Waals surface area (Å²) in [6.45, 7) is 8.21. The minimum atomic E-state index is -0.471. The van der Waals surface area contributed by atoms with E-state index in [1.807, 2.05) is 0 Å². The summed E-state index contributed by atoms with van der Waals surface area (Å²) in [5, 5.41) is 11.2. The Morgan fingerprint density at radius 1 is 1.15 bits per heavy atom. The maximum Gasteiger partial charge on any atom is 0.226 e. The van der Waals surface area contributed by atoms with Crippen molar-refractivity contribution in [2.24, 2.45) is 35.5 Å². The lowest BCUT2D eigenvalue weighted by molar-refractivity contribution is -0.139. The topological polar surface area (TPSA) is 40.5 Å². The molecule has 3 nitrogen and oxygen atoms in total. The molecule has 0 aromatic carbocycles. The van der Waals surface area contributed by atoms with Crippen LogP contribution in [-0.4, -0.2) is 35.1 Å². The Labute approximate surface area is 207 Å². The van der Waals surface area contributed by atoms with Crippen LogP contribution in [0.3, 0.4) is 0 Å². The van der Waals surface area contributed by atoms with Gasteiger partial charge in [0.25, 0.3) is 0 Å². The van der Waals surface area contributed by atoms with Crippen molar-refractivity contribution in [3.8, 4) is 0 Å². The van der Waals surface area contributed by atoms with Crippen molar-refractivity contribution >= 4 is 5.91 Å². The molecule has 4 rings (SSSR count). The number of nitrogens with zero attached hydrogens (tertiary/aromatic N) is 1.